The second-order valence-corrected chi connectivity index (χ2v) is 11.5. The van der Waals surface area contributed by atoms with E-state index in [0.29, 0.717) is 25.4 Å². The Morgan fingerprint density at radius 3 is 2.25 bits per heavy atom. The maximum atomic E-state index is 12.6. The van der Waals surface area contributed by atoms with Gasteiger partial charge in [0.25, 0.3) is 0 Å². The van der Waals surface area contributed by atoms with E-state index in [9.17, 15) is 21.6 Å². The van der Waals surface area contributed by atoms with Gasteiger partial charge < -0.3 is 10.6 Å². The van der Waals surface area contributed by atoms with Crippen LogP contribution in [0.25, 0.3) is 0 Å². The largest absolute Gasteiger partial charge is 0.339 e. The first kappa shape index (κ1) is 19.6. The number of carbonyl (C=O) groups is 1. The summed E-state index contributed by atoms with van der Waals surface area (Å²) < 4.78 is 49.5. The zero-order valence-electron chi connectivity index (χ0n) is 14.2. The van der Waals surface area contributed by atoms with Crippen LogP contribution >= 0.6 is 0 Å². The Hall–Kier alpha value is -0.710. The van der Waals surface area contributed by atoms with Gasteiger partial charge in [0, 0.05) is 26.2 Å². The topological polar surface area (TPSA) is 118 Å². The monoisotopic (exact) mass is 381 g/mol. The lowest BCUT2D eigenvalue weighted by Gasteiger charge is -2.36. The van der Waals surface area contributed by atoms with E-state index in [2.05, 4.69) is 0 Å². The van der Waals surface area contributed by atoms with E-state index in [1.807, 2.05) is 13.8 Å². The smallest absolute Gasteiger partial charge is 0.239 e. The van der Waals surface area contributed by atoms with Crippen molar-refractivity contribution >= 4 is 25.8 Å². The highest BCUT2D eigenvalue weighted by Gasteiger charge is 2.41. The highest BCUT2D eigenvalue weighted by atomic mass is 32.2. The van der Waals surface area contributed by atoms with Crippen molar-refractivity contribution in [2.24, 2.45) is 11.7 Å². The van der Waals surface area contributed by atoms with Crippen LogP contribution in [0, 0.1) is 5.92 Å². The summed E-state index contributed by atoms with van der Waals surface area (Å²) >= 11 is 0. The Morgan fingerprint density at radius 1 is 1.21 bits per heavy atom. The molecule has 0 aliphatic carbocycles. The third-order valence-corrected chi connectivity index (χ3v) is 8.87. The van der Waals surface area contributed by atoms with Gasteiger partial charge in [-0.1, -0.05) is 13.8 Å². The summed E-state index contributed by atoms with van der Waals surface area (Å²) in [5.74, 6) is -0.202. The molecule has 0 aromatic heterocycles. The fraction of sp³-hybridized carbons (Fsp3) is 0.929. The quantitative estimate of drug-likeness (QED) is 0.654. The van der Waals surface area contributed by atoms with Crippen molar-refractivity contribution in [2.45, 2.75) is 38.0 Å². The van der Waals surface area contributed by atoms with E-state index in [1.165, 1.54) is 4.31 Å². The van der Waals surface area contributed by atoms with Crippen molar-refractivity contribution in [3.63, 3.8) is 0 Å². The molecule has 2 N–H and O–H groups in total. The van der Waals surface area contributed by atoms with Crippen LogP contribution in [-0.2, 0) is 24.7 Å². The molecule has 0 aromatic carbocycles. The predicted molar refractivity (Wildman–Crippen MR) is 91.6 cm³/mol. The van der Waals surface area contributed by atoms with Crippen LogP contribution in [-0.4, -0.2) is 80.9 Å². The van der Waals surface area contributed by atoms with E-state index in [4.69, 9.17) is 5.73 Å². The van der Waals surface area contributed by atoms with Gasteiger partial charge in [0.2, 0.25) is 15.9 Å². The first-order valence-corrected chi connectivity index (χ1v) is 11.6. The standard InChI is InChI=1S/C14H27N3O5S2/c1-11(2)9-13(15)14(18)16-4-6-17(7-5-16)24(21,22)12-3-8-23(19,20)10-12/h11-13H,3-10,15H2,1-2H3/t12?,13-/m0/s1. The molecule has 2 aliphatic rings. The van der Waals surface area contributed by atoms with Crippen LogP contribution in [0.4, 0.5) is 0 Å². The number of carbonyl (C=O) groups excluding carboxylic acids is 1. The van der Waals surface area contributed by atoms with Gasteiger partial charge >= 0.3 is 0 Å². The summed E-state index contributed by atoms with van der Waals surface area (Å²) in [5, 5.41) is -0.854. The maximum Gasteiger partial charge on any atom is 0.239 e. The minimum atomic E-state index is -3.64. The maximum absolute atomic E-state index is 12.6. The van der Waals surface area contributed by atoms with Crippen LogP contribution < -0.4 is 5.73 Å². The second-order valence-electron chi connectivity index (χ2n) is 7.03. The summed E-state index contributed by atoms with van der Waals surface area (Å²) in [4.78, 5) is 13.9. The van der Waals surface area contributed by atoms with Crippen LogP contribution in [0.1, 0.15) is 26.7 Å². The zero-order chi connectivity index (χ0) is 18.1. The molecular formula is C14H27N3O5S2. The van der Waals surface area contributed by atoms with Gasteiger partial charge in [-0.05, 0) is 18.8 Å². The summed E-state index contributed by atoms with van der Waals surface area (Å²) in [6, 6.07) is -0.562. The first-order chi connectivity index (χ1) is 11.0. The Balaban J connectivity index is 1.94. The molecule has 24 heavy (non-hydrogen) atoms. The van der Waals surface area contributed by atoms with Crippen LogP contribution in [0.3, 0.4) is 0 Å². The SMILES string of the molecule is CC(C)C[C@H](N)C(=O)N1CCN(S(=O)(=O)C2CCS(=O)(=O)C2)CC1. The zero-order valence-corrected chi connectivity index (χ0v) is 15.9. The lowest BCUT2D eigenvalue weighted by molar-refractivity contribution is -0.134. The molecule has 1 unspecified atom stereocenters. The molecule has 140 valence electrons. The molecule has 8 nitrogen and oxygen atoms in total. The van der Waals surface area contributed by atoms with Gasteiger partial charge in [0.15, 0.2) is 9.84 Å². The van der Waals surface area contributed by atoms with Crippen LogP contribution in [0.2, 0.25) is 0 Å². The molecule has 2 fully saturated rings. The highest BCUT2D eigenvalue weighted by Crippen LogP contribution is 2.23. The Kier molecular flexibility index (Phi) is 5.94. The fourth-order valence-electron chi connectivity index (χ4n) is 3.21. The molecule has 1 amide bonds. The lowest BCUT2D eigenvalue weighted by atomic mass is 10.0. The number of sulfonamides is 1. The van der Waals surface area contributed by atoms with Crippen molar-refractivity contribution in [1.82, 2.24) is 9.21 Å². The van der Waals surface area contributed by atoms with Gasteiger partial charge in [0.1, 0.15) is 0 Å². The van der Waals surface area contributed by atoms with E-state index < -0.39 is 31.2 Å². The fourth-order valence-corrected chi connectivity index (χ4v) is 7.72. The number of sulfone groups is 1. The molecule has 2 aliphatic heterocycles. The Labute approximate surface area is 144 Å². The molecule has 0 aromatic rings. The molecule has 0 radical (unpaired) electrons. The van der Waals surface area contributed by atoms with E-state index in [1.54, 1.807) is 4.90 Å². The number of hydrogen-bond donors (Lipinski definition) is 1. The van der Waals surface area contributed by atoms with E-state index >= 15 is 0 Å². The van der Waals surface area contributed by atoms with Gasteiger partial charge in [-0.15, -0.1) is 0 Å². The van der Waals surface area contributed by atoms with E-state index in [0.717, 1.165) is 0 Å². The predicted octanol–water partition coefficient (Wildman–Crippen LogP) is -0.979. The average molecular weight is 382 g/mol. The molecule has 0 bridgehead atoms. The molecule has 10 heteroatoms. The third kappa shape index (κ3) is 4.47. The average Bonchev–Trinajstić information content (AvgIpc) is 2.87. The Morgan fingerprint density at radius 2 is 1.79 bits per heavy atom. The van der Waals surface area contributed by atoms with E-state index in [-0.39, 0.29) is 36.9 Å². The number of piperazine rings is 1. The first-order valence-electron chi connectivity index (χ1n) is 8.26. The summed E-state index contributed by atoms with van der Waals surface area (Å²) in [6.07, 6.45) is 0.750. The Bertz CT molecular complexity index is 667. The van der Waals surface area contributed by atoms with Crippen molar-refractivity contribution < 1.29 is 21.6 Å². The minimum Gasteiger partial charge on any atom is -0.339 e. The molecule has 2 heterocycles. The normalized spacial score (nSPS) is 26.7. The number of amides is 1. The number of nitrogens with two attached hydrogens (primary N) is 1. The van der Waals surface area contributed by atoms with Crippen LogP contribution in [0.5, 0.6) is 0 Å². The molecule has 2 saturated heterocycles. The van der Waals surface area contributed by atoms with Crippen molar-refractivity contribution in [1.29, 1.82) is 0 Å². The second kappa shape index (κ2) is 7.27. The van der Waals surface area contributed by atoms with Crippen LogP contribution in [0.15, 0.2) is 0 Å². The molecule has 2 rings (SSSR count). The van der Waals surface area contributed by atoms with Gasteiger partial charge in [-0.3, -0.25) is 4.79 Å². The van der Waals surface area contributed by atoms with Crippen molar-refractivity contribution in [3.8, 4) is 0 Å². The lowest BCUT2D eigenvalue weighted by Crippen LogP contribution is -2.55. The number of nitrogens with zero attached hydrogens (tertiary/aromatic N) is 2. The van der Waals surface area contributed by atoms with Gasteiger partial charge in [-0.2, -0.15) is 4.31 Å². The molecular weight excluding hydrogens is 354 g/mol. The summed E-state index contributed by atoms with van der Waals surface area (Å²) in [5.41, 5.74) is 5.91. The van der Waals surface area contributed by atoms with Crippen molar-refractivity contribution in [2.75, 3.05) is 37.7 Å². The molecule has 2 atom stereocenters. The summed E-state index contributed by atoms with van der Waals surface area (Å²) in [6.45, 7) is 4.96. The summed E-state index contributed by atoms with van der Waals surface area (Å²) in [7, 11) is -6.89. The number of hydrogen-bond acceptors (Lipinski definition) is 6. The number of rotatable bonds is 5. The third-order valence-electron chi connectivity index (χ3n) is 4.56. The van der Waals surface area contributed by atoms with Gasteiger partial charge in [-0.25, -0.2) is 16.8 Å². The molecule has 0 saturated carbocycles. The molecule has 0 spiro atoms. The highest BCUT2D eigenvalue weighted by molar-refractivity contribution is 7.95. The van der Waals surface area contributed by atoms with Gasteiger partial charge in [0.05, 0.1) is 22.8 Å². The van der Waals surface area contributed by atoms with Crippen molar-refractivity contribution in [3.05, 3.63) is 0 Å². The minimum absolute atomic E-state index is 0.0700.